The molecule has 1 N–H and O–H groups in total. The van der Waals surface area contributed by atoms with Crippen LogP contribution in [-0.2, 0) is 10.9 Å². The van der Waals surface area contributed by atoms with Gasteiger partial charge in [-0.3, -0.25) is 9.80 Å². The van der Waals surface area contributed by atoms with E-state index in [0.717, 1.165) is 29.7 Å². The first kappa shape index (κ1) is 30.5. The van der Waals surface area contributed by atoms with Gasteiger partial charge in [0.25, 0.3) is 0 Å². The van der Waals surface area contributed by atoms with Gasteiger partial charge >= 0.3 is 12.4 Å². The molecule has 5 rings (SSSR count). The van der Waals surface area contributed by atoms with Crippen molar-refractivity contribution in [1.82, 2.24) is 9.80 Å². The summed E-state index contributed by atoms with van der Waals surface area (Å²) in [6, 6.07) is 12.5. The lowest BCUT2D eigenvalue weighted by Gasteiger charge is -2.44. The van der Waals surface area contributed by atoms with Gasteiger partial charge in [0.15, 0.2) is 6.35 Å². The quantitative estimate of drug-likeness (QED) is 0.367. The Balaban J connectivity index is 1.31. The lowest BCUT2D eigenvalue weighted by molar-refractivity contribution is -0.160. The Morgan fingerprint density at radius 2 is 1.64 bits per heavy atom. The van der Waals surface area contributed by atoms with Gasteiger partial charge in [0, 0.05) is 26.2 Å². The van der Waals surface area contributed by atoms with Gasteiger partial charge < -0.3 is 9.84 Å². The minimum absolute atomic E-state index is 0.0252. The zero-order valence-corrected chi connectivity index (χ0v) is 23.0. The third kappa shape index (κ3) is 7.53. The Bertz CT molecular complexity index is 1300. The number of alkyl halides is 6. The number of hydrogen-bond acceptors (Lipinski definition) is 4. The van der Waals surface area contributed by atoms with E-state index in [2.05, 4.69) is 6.08 Å². The van der Waals surface area contributed by atoms with Crippen molar-refractivity contribution in [2.24, 2.45) is 17.8 Å². The van der Waals surface area contributed by atoms with Crippen molar-refractivity contribution in [2.75, 3.05) is 39.4 Å². The van der Waals surface area contributed by atoms with Crippen LogP contribution in [0.5, 0.6) is 0 Å². The molecule has 0 spiro atoms. The summed E-state index contributed by atoms with van der Waals surface area (Å²) < 4.78 is 84.4. The molecular weight excluding hydrogens is 558 g/mol. The molecule has 226 valence electrons. The summed E-state index contributed by atoms with van der Waals surface area (Å²) in [5, 5.41) is 11.2. The minimum Gasteiger partial charge on any atom is -0.379 e. The van der Waals surface area contributed by atoms with E-state index in [1.807, 2.05) is 28.0 Å². The molecule has 0 saturated carbocycles. The summed E-state index contributed by atoms with van der Waals surface area (Å²) in [6.45, 7) is 3.35. The Hall–Kier alpha value is -2.92. The molecule has 2 aliphatic heterocycles. The molecule has 4 nitrogen and oxygen atoms in total. The number of benzene rings is 2. The molecule has 10 heteroatoms. The fraction of sp³-hybridized carbons (Fsp3) is 0.438. The van der Waals surface area contributed by atoms with Crippen molar-refractivity contribution in [3.05, 3.63) is 89.5 Å². The first-order chi connectivity index (χ1) is 20.0. The predicted molar refractivity (Wildman–Crippen MR) is 149 cm³/mol. The van der Waals surface area contributed by atoms with Gasteiger partial charge in [0.2, 0.25) is 0 Å². The number of likely N-dealkylation sites (tertiary alicyclic amines) is 1. The molecule has 2 fully saturated rings. The second-order valence-electron chi connectivity index (χ2n) is 11.1. The molecule has 2 saturated heterocycles. The van der Waals surface area contributed by atoms with Crippen LogP contribution in [0.4, 0.5) is 26.3 Å². The number of allylic oxidation sites excluding steroid dienone is 3. The van der Waals surface area contributed by atoms with E-state index in [1.165, 1.54) is 12.1 Å². The van der Waals surface area contributed by atoms with Crippen LogP contribution < -0.4 is 0 Å². The van der Waals surface area contributed by atoms with E-state index in [9.17, 15) is 31.4 Å². The van der Waals surface area contributed by atoms with E-state index in [0.29, 0.717) is 50.5 Å². The highest BCUT2D eigenvalue weighted by Gasteiger charge is 2.39. The topological polar surface area (TPSA) is 35.9 Å². The smallest absolute Gasteiger partial charge is 0.379 e. The molecule has 2 aromatic carbocycles. The van der Waals surface area contributed by atoms with Gasteiger partial charge in [-0.15, -0.1) is 0 Å². The maximum absolute atomic E-state index is 13.2. The molecule has 2 heterocycles. The molecule has 4 atom stereocenters. The van der Waals surface area contributed by atoms with E-state index in [-0.39, 0.29) is 18.3 Å². The second kappa shape index (κ2) is 12.8. The molecular formula is C32H34F6N2O2. The zero-order valence-electron chi connectivity index (χ0n) is 23.0. The SMILES string of the molecule is OC(N1CCOCC1)N1CC(/C=C\c2ccc(-c3cccc(C(F)(F)F)c3)cc2)CC(C2=CCC(C(F)(F)F)C=C2)C1. The monoisotopic (exact) mass is 592 g/mol. The predicted octanol–water partition coefficient (Wildman–Crippen LogP) is 7.00. The molecule has 2 aromatic rings. The first-order valence-electron chi connectivity index (χ1n) is 14.1. The third-order valence-corrected chi connectivity index (χ3v) is 8.23. The van der Waals surface area contributed by atoms with Gasteiger partial charge in [-0.1, -0.05) is 66.8 Å². The Morgan fingerprint density at radius 3 is 2.29 bits per heavy atom. The summed E-state index contributed by atoms with van der Waals surface area (Å²) >= 11 is 0. The molecule has 0 aromatic heterocycles. The van der Waals surface area contributed by atoms with E-state index in [1.54, 1.807) is 30.4 Å². The number of hydrogen-bond donors (Lipinski definition) is 1. The first-order valence-corrected chi connectivity index (χ1v) is 14.1. The van der Waals surface area contributed by atoms with E-state index < -0.39 is 30.2 Å². The standard InChI is InChI=1S/C32H34F6N2O2/c33-31(34,35)28-12-10-25(11-13-28)27-18-23(20-40(21-27)30(41)39-14-16-42-17-15-39)5-4-22-6-8-24(9-7-22)26-2-1-3-29(19-26)32(36,37)38/h1-12,19,23,27-28,30,41H,13-18,20-21H2/b5-4-. The van der Waals surface area contributed by atoms with Gasteiger partial charge in [0.1, 0.15) is 0 Å². The van der Waals surface area contributed by atoms with Gasteiger partial charge in [0.05, 0.1) is 24.7 Å². The van der Waals surface area contributed by atoms with Crippen LogP contribution >= 0.6 is 0 Å². The summed E-state index contributed by atoms with van der Waals surface area (Å²) in [7, 11) is 0. The number of piperidine rings is 1. The summed E-state index contributed by atoms with van der Waals surface area (Å²) in [5.74, 6) is -1.50. The molecule has 0 bridgehead atoms. The van der Waals surface area contributed by atoms with E-state index >= 15 is 0 Å². The average Bonchev–Trinajstić information content (AvgIpc) is 2.99. The zero-order chi connectivity index (χ0) is 29.9. The summed E-state index contributed by atoms with van der Waals surface area (Å²) in [6.07, 6.45) is -0.364. The van der Waals surface area contributed by atoms with Crippen molar-refractivity contribution in [3.8, 4) is 11.1 Å². The molecule has 42 heavy (non-hydrogen) atoms. The fourth-order valence-corrected chi connectivity index (χ4v) is 5.87. The van der Waals surface area contributed by atoms with Crippen LogP contribution in [0.2, 0.25) is 0 Å². The molecule has 0 radical (unpaired) electrons. The lowest BCUT2D eigenvalue weighted by Crippen LogP contribution is -2.56. The van der Waals surface area contributed by atoms with Gasteiger partial charge in [-0.25, -0.2) is 0 Å². The molecule has 1 aliphatic carbocycles. The normalized spacial score (nSPS) is 25.5. The van der Waals surface area contributed by atoms with Crippen molar-refractivity contribution in [1.29, 1.82) is 0 Å². The average molecular weight is 593 g/mol. The number of ether oxygens (including phenoxy) is 1. The number of aliphatic hydroxyl groups excluding tert-OH is 1. The number of rotatable bonds is 6. The number of morpholine rings is 1. The Kier molecular flexibility index (Phi) is 9.27. The van der Waals surface area contributed by atoms with Crippen molar-refractivity contribution in [3.63, 3.8) is 0 Å². The highest BCUT2D eigenvalue weighted by molar-refractivity contribution is 5.66. The lowest BCUT2D eigenvalue weighted by atomic mass is 9.81. The second-order valence-corrected chi connectivity index (χ2v) is 11.1. The maximum atomic E-state index is 13.2. The van der Waals surface area contributed by atoms with E-state index in [4.69, 9.17) is 4.74 Å². The van der Waals surface area contributed by atoms with Crippen LogP contribution in [-0.4, -0.2) is 66.8 Å². The number of nitrogens with zero attached hydrogens (tertiary/aromatic N) is 2. The van der Waals surface area contributed by atoms with Gasteiger partial charge in [-0.2, -0.15) is 26.3 Å². The minimum atomic E-state index is -4.41. The van der Waals surface area contributed by atoms with Crippen LogP contribution in [0.1, 0.15) is 24.0 Å². The van der Waals surface area contributed by atoms with Crippen LogP contribution in [0.15, 0.2) is 78.4 Å². The highest BCUT2D eigenvalue weighted by atomic mass is 19.4. The number of halogens is 6. The third-order valence-electron chi connectivity index (χ3n) is 8.23. The van der Waals surface area contributed by atoms with Crippen LogP contribution in [0.25, 0.3) is 17.2 Å². The van der Waals surface area contributed by atoms with Crippen LogP contribution in [0, 0.1) is 17.8 Å². The largest absolute Gasteiger partial charge is 0.416 e. The maximum Gasteiger partial charge on any atom is 0.416 e. The Morgan fingerprint density at radius 1 is 0.905 bits per heavy atom. The molecule has 0 amide bonds. The molecule has 3 aliphatic rings. The molecule has 4 unspecified atom stereocenters. The van der Waals surface area contributed by atoms with Crippen molar-refractivity contribution in [2.45, 2.75) is 31.5 Å². The highest BCUT2D eigenvalue weighted by Crippen LogP contribution is 2.38. The number of aliphatic hydroxyl groups is 1. The summed E-state index contributed by atoms with van der Waals surface area (Å²) in [5.41, 5.74) is 2.18. The fourth-order valence-electron chi connectivity index (χ4n) is 5.87. The van der Waals surface area contributed by atoms with Gasteiger partial charge in [-0.05, 0) is 59.1 Å². The van der Waals surface area contributed by atoms with Crippen molar-refractivity contribution < 1.29 is 36.2 Å². The summed E-state index contributed by atoms with van der Waals surface area (Å²) in [4.78, 5) is 3.93. The van der Waals surface area contributed by atoms with Crippen molar-refractivity contribution >= 4 is 6.08 Å². The Labute approximate surface area is 241 Å². The van der Waals surface area contributed by atoms with Crippen LogP contribution in [0.3, 0.4) is 0 Å².